The molecule has 0 fully saturated rings. The number of rotatable bonds is 6. The van der Waals surface area contributed by atoms with Gasteiger partial charge in [0, 0.05) is 11.8 Å². The van der Waals surface area contributed by atoms with Gasteiger partial charge in [0.05, 0.1) is 30.8 Å². The van der Waals surface area contributed by atoms with E-state index < -0.39 is 10.0 Å². The number of aromatic nitrogens is 2. The number of anilines is 1. The van der Waals surface area contributed by atoms with Gasteiger partial charge in [0.2, 0.25) is 0 Å². The summed E-state index contributed by atoms with van der Waals surface area (Å²) in [5.41, 5.74) is 1.34. The van der Waals surface area contributed by atoms with Crippen molar-refractivity contribution in [2.24, 2.45) is 0 Å². The van der Waals surface area contributed by atoms with E-state index in [4.69, 9.17) is 9.47 Å². The van der Waals surface area contributed by atoms with Gasteiger partial charge in [0.15, 0.2) is 0 Å². The van der Waals surface area contributed by atoms with E-state index >= 15 is 0 Å². The Morgan fingerprint density at radius 3 is 2.34 bits per heavy atom. The molecule has 1 heterocycles. The van der Waals surface area contributed by atoms with E-state index in [1.165, 1.54) is 30.9 Å². The molecule has 0 amide bonds. The van der Waals surface area contributed by atoms with Gasteiger partial charge >= 0.3 is 0 Å². The Morgan fingerprint density at radius 1 is 0.938 bits per heavy atom. The van der Waals surface area contributed by atoms with Crippen LogP contribution in [0.5, 0.6) is 11.5 Å². The van der Waals surface area contributed by atoms with E-state index in [1.807, 2.05) is 6.07 Å². The third kappa shape index (κ3) is 3.90. The summed E-state index contributed by atoms with van der Waals surface area (Å²) in [7, 11) is -1.10. The fraction of sp³-hybridized carbons (Fsp3) is 0.130. The van der Waals surface area contributed by atoms with Crippen LogP contribution in [0.3, 0.4) is 0 Å². The Kier molecular flexibility index (Phi) is 5.58. The summed E-state index contributed by atoms with van der Waals surface area (Å²) >= 11 is 0. The van der Waals surface area contributed by atoms with Gasteiger partial charge < -0.3 is 9.47 Å². The molecule has 0 bridgehead atoms. The predicted octanol–water partition coefficient (Wildman–Crippen LogP) is 3.51. The minimum atomic E-state index is -3.95. The first kappa shape index (κ1) is 21.4. The van der Waals surface area contributed by atoms with Crippen LogP contribution in [0, 0.1) is 6.92 Å². The standard InChI is InChI=1S/C23H21N3O5S/c1-15-24-20-7-5-4-6-19(20)23(27)26(15)17-10-8-16(9-11-17)25-32(28,29)22-14-18(30-2)12-13-21(22)31-3/h4-14,25H,1-3H3. The molecule has 1 aromatic heterocycles. The van der Waals surface area contributed by atoms with Crippen molar-refractivity contribution < 1.29 is 17.9 Å². The summed E-state index contributed by atoms with van der Waals surface area (Å²) < 4.78 is 40.2. The number of ether oxygens (including phenoxy) is 2. The maximum Gasteiger partial charge on any atom is 0.265 e. The first-order chi connectivity index (χ1) is 15.3. The maximum atomic E-state index is 13.0. The molecule has 0 aliphatic rings. The maximum absolute atomic E-state index is 13.0. The van der Waals surface area contributed by atoms with E-state index in [1.54, 1.807) is 55.5 Å². The van der Waals surface area contributed by atoms with Crippen molar-refractivity contribution in [2.75, 3.05) is 18.9 Å². The van der Waals surface area contributed by atoms with Crippen LogP contribution < -0.4 is 19.8 Å². The molecule has 0 radical (unpaired) electrons. The summed E-state index contributed by atoms with van der Waals surface area (Å²) in [5.74, 6) is 1.11. The highest BCUT2D eigenvalue weighted by atomic mass is 32.2. The molecule has 8 nitrogen and oxygen atoms in total. The highest BCUT2D eigenvalue weighted by Crippen LogP contribution is 2.30. The van der Waals surface area contributed by atoms with Crippen LogP contribution in [0.1, 0.15) is 5.82 Å². The number of para-hydroxylation sites is 1. The van der Waals surface area contributed by atoms with Crippen molar-refractivity contribution in [3.05, 3.63) is 82.9 Å². The van der Waals surface area contributed by atoms with Gasteiger partial charge in [-0.15, -0.1) is 0 Å². The molecule has 0 saturated heterocycles. The van der Waals surface area contributed by atoms with Crippen LogP contribution in [-0.4, -0.2) is 32.2 Å². The Hall–Kier alpha value is -3.85. The van der Waals surface area contributed by atoms with Crippen molar-refractivity contribution in [2.45, 2.75) is 11.8 Å². The fourth-order valence-electron chi connectivity index (χ4n) is 3.43. The Bertz CT molecular complexity index is 1460. The van der Waals surface area contributed by atoms with Crippen molar-refractivity contribution in [3.63, 3.8) is 0 Å². The van der Waals surface area contributed by atoms with E-state index in [0.29, 0.717) is 33.9 Å². The van der Waals surface area contributed by atoms with Gasteiger partial charge in [-0.25, -0.2) is 13.4 Å². The van der Waals surface area contributed by atoms with Crippen molar-refractivity contribution in [3.8, 4) is 17.2 Å². The zero-order valence-electron chi connectivity index (χ0n) is 17.7. The van der Waals surface area contributed by atoms with E-state index in [2.05, 4.69) is 9.71 Å². The first-order valence-electron chi connectivity index (χ1n) is 9.68. The third-order valence-corrected chi connectivity index (χ3v) is 6.38. The Balaban J connectivity index is 1.69. The summed E-state index contributed by atoms with van der Waals surface area (Å²) in [4.78, 5) is 17.4. The largest absolute Gasteiger partial charge is 0.497 e. The molecule has 4 aromatic rings. The molecular formula is C23H21N3O5S. The minimum absolute atomic E-state index is 0.0470. The molecule has 0 spiro atoms. The number of nitrogens with one attached hydrogen (secondary N) is 1. The molecule has 0 aliphatic heterocycles. The second-order valence-electron chi connectivity index (χ2n) is 6.99. The summed E-state index contributed by atoms with van der Waals surface area (Å²) in [6.07, 6.45) is 0. The van der Waals surface area contributed by atoms with Crippen LogP contribution in [0.15, 0.2) is 76.4 Å². The van der Waals surface area contributed by atoms with Gasteiger partial charge in [-0.2, -0.15) is 0 Å². The zero-order valence-corrected chi connectivity index (χ0v) is 18.5. The zero-order chi connectivity index (χ0) is 22.9. The molecule has 0 unspecified atom stereocenters. The molecule has 164 valence electrons. The molecule has 9 heteroatoms. The average molecular weight is 452 g/mol. The molecule has 0 saturated carbocycles. The molecule has 32 heavy (non-hydrogen) atoms. The van der Waals surface area contributed by atoms with Gasteiger partial charge in [0.1, 0.15) is 22.2 Å². The quantitative estimate of drug-likeness (QED) is 0.482. The molecule has 1 N–H and O–H groups in total. The normalized spacial score (nSPS) is 11.3. The SMILES string of the molecule is COc1ccc(OC)c(S(=O)(=O)Nc2ccc(-n3c(C)nc4ccccc4c3=O)cc2)c1. The minimum Gasteiger partial charge on any atom is -0.497 e. The lowest BCUT2D eigenvalue weighted by Crippen LogP contribution is -2.22. The Labute approximate surface area is 185 Å². The number of aryl methyl sites for hydroxylation is 1. The lowest BCUT2D eigenvalue weighted by atomic mass is 10.2. The van der Waals surface area contributed by atoms with Crippen molar-refractivity contribution in [1.29, 1.82) is 0 Å². The number of benzene rings is 3. The number of nitrogens with zero attached hydrogens (tertiary/aromatic N) is 2. The van der Waals surface area contributed by atoms with Gasteiger partial charge in [0.25, 0.3) is 15.6 Å². The highest BCUT2D eigenvalue weighted by molar-refractivity contribution is 7.92. The third-order valence-electron chi connectivity index (χ3n) is 4.98. The van der Waals surface area contributed by atoms with Crippen LogP contribution in [0.2, 0.25) is 0 Å². The number of methoxy groups -OCH3 is 2. The number of sulfonamides is 1. The Morgan fingerprint density at radius 2 is 1.66 bits per heavy atom. The molecule has 3 aromatic carbocycles. The van der Waals surface area contributed by atoms with Gasteiger partial charge in [-0.05, 0) is 55.5 Å². The number of hydrogen-bond acceptors (Lipinski definition) is 6. The topological polar surface area (TPSA) is 99.5 Å². The summed E-state index contributed by atoms with van der Waals surface area (Å²) in [6, 6.07) is 18.1. The van der Waals surface area contributed by atoms with E-state index in [-0.39, 0.29) is 16.2 Å². The second-order valence-corrected chi connectivity index (χ2v) is 8.64. The van der Waals surface area contributed by atoms with Crippen LogP contribution >= 0.6 is 0 Å². The lowest BCUT2D eigenvalue weighted by molar-refractivity contribution is 0.392. The predicted molar refractivity (Wildman–Crippen MR) is 122 cm³/mol. The summed E-state index contributed by atoms with van der Waals surface area (Å²) in [6.45, 7) is 1.75. The smallest absolute Gasteiger partial charge is 0.265 e. The van der Waals surface area contributed by atoms with Crippen LogP contribution in [-0.2, 0) is 10.0 Å². The fourth-order valence-corrected chi connectivity index (χ4v) is 4.67. The van der Waals surface area contributed by atoms with E-state index in [9.17, 15) is 13.2 Å². The second kappa shape index (κ2) is 8.35. The molecular weight excluding hydrogens is 430 g/mol. The summed E-state index contributed by atoms with van der Waals surface area (Å²) in [5, 5.41) is 0.507. The van der Waals surface area contributed by atoms with E-state index in [0.717, 1.165) is 0 Å². The van der Waals surface area contributed by atoms with Crippen molar-refractivity contribution >= 4 is 26.6 Å². The lowest BCUT2D eigenvalue weighted by Gasteiger charge is -2.14. The molecule has 0 atom stereocenters. The molecule has 4 rings (SSSR count). The molecule has 0 aliphatic carbocycles. The van der Waals surface area contributed by atoms with Crippen molar-refractivity contribution in [1.82, 2.24) is 9.55 Å². The number of hydrogen-bond donors (Lipinski definition) is 1. The highest BCUT2D eigenvalue weighted by Gasteiger charge is 2.21. The van der Waals surface area contributed by atoms with Crippen LogP contribution in [0.25, 0.3) is 16.6 Å². The van der Waals surface area contributed by atoms with Gasteiger partial charge in [-0.3, -0.25) is 14.1 Å². The average Bonchev–Trinajstić information content (AvgIpc) is 2.79. The monoisotopic (exact) mass is 451 g/mol. The number of fused-ring (bicyclic) bond motifs is 1. The first-order valence-corrected chi connectivity index (χ1v) is 11.2. The van der Waals surface area contributed by atoms with Crippen LogP contribution in [0.4, 0.5) is 5.69 Å². The van der Waals surface area contributed by atoms with Gasteiger partial charge in [-0.1, -0.05) is 12.1 Å².